The molecule has 1 aromatic carbocycles. The molecule has 51 heavy (non-hydrogen) atoms. The topological polar surface area (TPSA) is 294 Å². The van der Waals surface area contributed by atoms with Crippen molar-refractivity contribution in [3.63, 3.8) is 0 Å². The smallest absolute Gasteiger partial charge is 0.351 e. The van der Waals surface area contributed by atoms with Crippen molar-refractivity contribution in [3.8, 4) is 16.9 Å². The lowest BCUT2D eigenvalue weighted by Gasteiger charge is -2.50. The second-order valence-electron chi connectivity index (χ2n) is 11.6. The Morgan fingerprint density at radius 3 is 2.41 bits per heavy atom. The van der Waals surface area contributed by atoms with E-state index in [1.165, 1.54) is 19.2 Å². The molecular formula is C30H37N9O10S2. The van der Waals surface area contributed by atoms with Crippen molar-refractivity contribution < 1.29 is 46.6 Å². The lowest BCUT2D eigenvalue weighted by Crippen LogP contribution is -2.76. The second kappa shape index (κ2) is 17.1. The van der Waals surface area contributed by atoms with Crippen molar-refractivity contribution in [3.05, 3.63) is 53.7 Å². The SMILES string of the molecule is CC1(C)[C@H](NC(=O)/C(=N\O[C@@H](COc2ccc(-c3ccc(NC(=O)[C@@H](N)CCCCN)nc3)cc2)C(=O)O)c2csc(N)n2)C(=O)N1O[SH](=O)=O. The zero-order chi connectivity index (χ0) is 37.3. The van der Waals surface area contributed by atoms with Crippen LogP contribution in [-0.2, 0) is 39.3 Å². The van der Waals surface area contributed by atoms with Gasteiger partial charge in [0.2, 0.25) is 5.91 Å². The number of amides is 3. The Morgan fingerprint density at radius 2 is 1.84 bits per heavy atom. The molecule has 0 unspecified atom stereocenters. The molecule has 1 aliphatic rings. The third kappa shape index (κ3) is 9.94. The van der Waals surface area contributed by atoms with Gasteiger partial charge in [0.15, 0.2) is 10.8 Å². The fourth-order valence-corrected chi connectivity index (χ4v) is 5.65. The number of unbranched alkanes of at least 4 members (excludes halogenated alkanes) is 1. The van der Waals surface area contributed by atoms with Crippen LogP contribution in [0.3, 0.4) is 0 Å². The lowest BCUT2D eigenvalue weighted by molar-refractivity contribution is -0.214. The third-order valence-corrected chi connectivity index (χ3v) is 8.51. The minimum Gasteiger partial charge on any atom is -0.489 e. The van der Waals surface area contributed by atoms with Gasteiger partial charge < -0.3 is 42.5 Å². The highest BCUT2D eigenvalue weighted by molar-refractivity contribution is 7.67. The summed E-state index contributed by atoms with van der Waals surface area (Å²) >= 11 is 0.969. The largest absolute Gasteiger partial charge is 0.489 e. The maximum Gasteiger partial charge on any atom is 0.351 e. The number of oxime groups is 1. The van der Waals surface area contributed by atoms with Gasteiger partial charge in [-0.2, -0.15) is 5.06 Å². The second-order valence-corrected chi connectivity index (χ2v) is 13.1. The van der Waals surface area contributed by atoms with Gasteiger partial charge in [-0.3, -0.25) is 14.4 Å². The van der Waals surface area contributed by atoms with Gasteiger partial charge in [-0.05, 0) is 63.1 Å². The van der Waals surface area contributed by atoms with Gasteiger partial charge in [0, 0.05) is 17.1 Å². The monoisotopic (exact) mass is 747 g/mol. The van der Waals surface area contributed by atoms with Crippen LogP contribution < -0.4 is 32.6 Å². The first-order valence-electron chi connectivity index (χ1n) is 15.3. The molecule has 3 amide bonds. The van der Waals surface area contributed by atoms with Crippen LogP contribution >= 0.6 is 11.3 Å². The van der Waals surface area contributed by atoms with Crippen LogP contribution in [0.25, 0.3) is 11.1 Å². The molecule has 3 heterocycles. The molecule has 0 bridgehead atoms. The van der Waals surface area contributed by atoms with Gasteiger partial charge in [0.1, 0.15) is 29.9 Å². The molecule has 9 N–H and O–H groups in total. The predicted octanol–water partition coefficient (Wildman–Crippen LogP) is -0.00140. The van der Waals surface area contributed by atoms with Crippen molar-refractivity contribution in [1.29, 1.82) is 0 Å². The Kier molecular flexibility index (Phi) is 13.0. The standard InChI is InChI=1S/C30H37N9O10S2/c1-30(2)24(27(42)39(30)49-51(45)46)37-26(41)23(20-15-50-29(33)35-20)38-48-21(28(43)44)14-47-18-9-6-16(7-10-18)17-8-11-22(34-13-17)36-25(40)19(32)5-3-4-12-31/h6-11,13,15,19,21,24,51H,3-5,12,14,31-32H2,1-2H3,(H2,33,35)(H,37,41)(H,43,44)(H,34,36,40)/b38-23-/t19-,21-,24+/m0/s1. The van der Waals surface area contributed by atoms with Crippen LogP contribution in [0.1, 0.15) is 38.8 Å². The van der Waals surface area contributed by atoms with Crippen LogP contribution in [0.5, 0.6) is 5.75 Å². The molecule has 3 atom stereocenters. The number of hydrogen-bond acceptors (Lipinski definition) is 16. The molecule has 0 radical (unpaired) electrons. The number of nitrogens with zero attached hydrogens (tertiary/aromatic N) is 4. The van der Waals surface area contributed by atoms with Gasteiger partial charge in [0.25, 0.3) is 28.9 Å². The summed E-state index contributed by atoms with van der Waals surface area (Å²) in [5, 5.41) is 20.6. The Bertz CT molecular complexity index is 1820. The van der Waals surface area contributed by atoms with Crippen LogP contribution in [0.4, 0.5) is 10.9 Å². The molecule has 4 rings (SSSR count). The van der Waals surface area contributed by atoms with Crippen molar-refractivity contribution in [2.24, 2.45) is 16.6 Å². The zero-order valence-electron chi connectivity index (χ0n) is 27.4. The average Bonchev–Trinajstić information content (AvgIpc) is 3.53. The summed E-state index contributed by atoms with van der Waals surface area (Å²) in [5.74, 6) is -2.99. The summed E-state index contributed by atoms with van der Waals surface area (Å²) < 4.78 is 32.1. The number of carboxylic acid groups (broad SMARTS) is 1. The molecule has 19 nitrogen and oxygen atoms in total. The molecule has 2 aromatic heterocycles. The molecule has 1 fully saturated rings. The predicted molar refractivity (Wildman–Crippen MR) is 185 cm³/mol. The molecular weight excluding hydrogens is 711 g/mol. The fraction of sp³-hybridized carbons (Fsp3) is 0.367. The van der Waals surface area contributed by atoms with E-state index >= 15 is 0 Å². The number of rotatable bonds is 18. The number of nitrogens with two attached hydrogens (primary N) is 3. The van der Waals surface area contributed by atoms with E-state index in [4.69, 9.17) is 26.8 Å². The minimum atomic E-state index is -3.39. The Morgan fingerprint density at radius 1 is 1.14 bits per heavy atom. The van der Waals surface area contributed by atoms with Crippen molar-refractivity contribution in [1.82, 2.24) is 20.3 Å². The summed E-state index contributed by atoms with van der Waals surface area (Å²) in [4.78, 5) is 63.5. The van der Waals surface area contributed by atoms with Crippen molar-refractivity contribution >= 4 is 62.7 Å². The van der Waals surface area contributed by atoms with E-state index in [0.717, 1.165) is 35.3 Å². The first-order valence-corrected chi connectivity index (χ1v) is 17.3. The number of hydroxylamine groups is 2. The molecule has 274 valence electrons. The number of anilines is 2. The highest BCUT2D eigenvalue weighted by Gasteiger charge is 2.57. The van der Waals surface area contributed by atoms with Gasteiger partial charge in [-0.15, -0.1) is 15.6 Å². The number of hydrogen-bond donors (Lipinski definition) is 7. The van der Waals surface area contributed by atoms with Gasteiger partial charge in [-0.25, -0.2) is 23.2 Å². The number of thiol groups is 1. The maximum atomic E-state index is 13.2. The zero-order valence-corrected chi connectivity index (χ0v) is 29.1. The maximum absolute atomic E-state index is 13.2. The van der Waals surface area contributed by atoms with E-state index in [-0.39, 0.29) is 16.7 Å². The number of carboxylic acids is 1. The van der Waals surface area contributed by atoms with Crippen molar-refractivity contribution in [2.45, 2.75) is 56.8 Å². The van der Waals surface area contributed by atoms with E-state index in [2.05, 4.69) is 30.0 Å². The molecule has 1 saturated heterocycles. The molecule has 21 heteroatoms. The van der Waals surface area contributed by atoms with Gasteiger partial charge in [-0.1, -0.05) is 23.7 Å². The van der Waals surface area contributed by atoms with Crippen LogP contribution in [0.2, 0.25) is 0 Å². The molecule has 0 spiro atoms. The Balaban J connectivity index is 1.38. The normalized spacial score (nSPS) is 16.6. The number of thiazole rings is 1. The number of benzene rings is 1. The Labute approximate surface area is 297 Å². The van der Waals surface area contributed by atoms with E-state index < -0.39 is 64.8 Å². The fourth-order valence-electron chi connectivity index (χ4n) is 4.68. The van der Waals surface area contributed by atoms with Crippen molar-refractivity contribution in [2.75, 3.05) is 24.2 Å². The first-order chi connectivity index (χ1) is 24.2. The van der Waals surface area contributed by atoms with E-state index in [0.29, 0.717) is 29.6 Å². The number of β-lactam (4-membered cyclic amide) rings is 1. The summed E-state index contributed by atoms with van der Waals surface area (Å²) in [6.07, 6.45) is 1.92. The lowest BCUT2D eigenvalue weighted by atomic mass is 9.84. The number of carbonyl (C=O) groups excluding carboxylic acids is 3. The number of carbonyl (C=O) groups is 4. The highest BCUT2D eigenvalue weighted by Crippen LogP contribution is 2.32. The summed E-state index contributed by atoms with van der Waals surface area (Å²) in [6.45, 7) is 2.92. The first kappa shape index (κ1) is 38.6. The van der Waals surface area contributed by atoms with E-state index in [1.54, 1.807) is 42.6 Å². The third-order valence-electron chi connectivity index (χ3n) is 7.54. The minimum absolute atomic E-state index is 0.0669. The van der Waals surface area contributed by atoms with Gasteiger partial charge >= 0.3 is 5.97 Å². The van der Waals surface area contributed by atoms with E-state index in [9.17, 15) is 32.7 Å². The average molecular weight is 748 g/mol. The summed E-state index contributed by atoms with van der Waals surface area (Å²) in [5.41, 5.74) is 16.8. The molecule has 3 aromatic rings. The van der Waals surface area contributed by atoms with Crippen LogP contribution in [-0.4, -0.2) is 94.8 Å². The number of pyridine rings is 1. The number of aliphatic carboxylic acids is 1. The quantitative estimate of drug-likeness (QED) is 0.0296. The number of nitrogen functional groups attached to an aromatic ring is 1. The van der Waals surface area contributed by atoms with Gasteiger partial charge in [0.05, 0.1) is 11.6 Å². The summed E-state index contributed by atoms with van der Waals surface area (Å²) in [6, 6.07) is 8.12. The molecule has 0 aliphatic carbocycles. The molecule has 0 saturated carbocycles. The van der Waals surface area contributed by atoms with Crippen LogP contribution in [0, 0.1) is 0 Å². The van der Waals surface area contributed by atoms with E-state index in [1.807, 2.05) is 0 Å². The summed E-state index contributed by atoms with van der Waals surface area (Å²) in [7, 11) is -3.39. The number of aromatic nitrogens is 2. The molecule has 1 aliphatic heterocycles. The highest BCUT2D eigenvalue weighted by atomic mass is 32.2. The van der Waals surface area contributed by atoms with Crippen LogP contribution in [0.15, 0.2) is 53.1 Å². The Hall–Kier alpha value is -5.22. The number of nitrogens with one attached hydrogen (secondary N) is 2. The number of ether oxygens (including phenoxy) is 1.